The van der Waals surface area contributed by atoms with Gasteiger partial charge in [0.05, 0.1) is 12.5 Å². The van der Waals surface area contributed by atoms with Crippen LogP contribution in [-0.4, -0.2) is 54.0 Å². The smallest absolute Gasteiger partial charge is 0.326 e. The number of nitriles is 1. The summed E-state index contributed by atoms with van der Waals surface area (Å²) >= 11 is 1.16. The minimum atomic E-state index is -0.618. The number of benzene rings is 1. The van der Waals surface area contributed by atoms with Crippen LogP contribution in [0.4, 0.5) is 10.5 Å². The Hall–Kier alpha value is -2.53. The maximum absolute atomic E-state index is 12.3. The molecule has 1 fully saturated rings. The van der Waals surface area contributed by atoms with Crippen LogP contribution >= 0.6 is 11.8 Å². The topological polar surface area (TPSA) is 90.7 Å². The molecule has 0 unspecified atom stereocenters. The molecule has 0 bridgehead atoms. The Morgan fingerprint density at radius 2 is 2.08 bits per heavy atom. The van der Waals surface area contributed by atoms with Gasteiger partial charge >= 0.3 is 5.97 Å². The summed E-state index contributed by atoms with van der Waals surface area (Å²) in [7, 11) is 0. The molecular formula is C16H17N3O4S. The SMILES string of the molecule is N#CCCN(C(=O)COC(=O)CN1CCSC1=O)c1ccccc1. The van der Waals surface area contributed by atoms with Gasteiger partial charge in [0.25, 0.3) is 11.1 Å². The third kappa shape index (κ3) is 4.99. The molecule has 126 valence electrons. The minimum Gasteiger partial charge on any atom is -0.454 e. The van der Waals surface area contributed by atoms with Crippen LogP contribution in [0.3, 0.4) is 0 Å². The molecule has 1 heterocycles. The minimum absolute atomic E-state index is 0.150. The Bertz CT molecular complexity index is 644. The molecule has 24 heavy (non-hydrogen) atoms. The second-order valence-corrected chi connectivity index (χ2v) is 6.03. The zero-order valence-corrected chi connectivity index (χ0v) is 13.8. The highest BCUT2D eigenvalue weighted by Gasteiger charge is 2.24. The van der Waals surface area contributed by atoms with Crippen molar-refractivity contribution in [1.82, 2.24) is 4.90 Å². The number of carbonyl (C=O) groups excluding carboxylic acids is 3. The molecule has 1 aliphatic heterocycles. The van der Waals surface area contributed by atoms with Gasteiger partial charge in [0.15, 0.2) is 6.61 Å². The van der Waals surface area contributed by atoms with Gasteiger partial charge in [-0.05, 0) is 12.1 Å². The zero-order valence-electron chi connectivity index (χ0n) is 13.0. The second kappa shape index (κ2) is 8.93. The van der Waals surface area contributed by atoms with E-state index >= 15 is 0 Å². The van der Waals surface area contributed by atoms with Gasteiger partial charge < -0.3 is 14.5 Å². The van der Waals surface area contributed by atoms with Crippen LogP contribution in [0.2, 0.25) is 0 Å². The van der Waals surface area contributed by atoms with E-state index in [9.17, 15) is 14.4 Å². The fourth-order valence-electron chi connectivity index (χ4n) is 2.16. The first-order valence-electron chi connectivity index (χ1n) is 7.41. The summed E-state index contributed by atoms with van der Waals surface area (Å²) in [4.78, 5) is 38.3. The van der Waals surface area contributed by atoms with E-state index in [1.54, 1.807) is 24.3 Å². The number of thioether (sulfide) groups is 1. The van der Waals surface area contributed by atoms with Crippen molar-refractivity contribution in [2.75, 3.05) is 36.9 Å². The summed E-state index contributed by atoms with van der Waals surface area (Å²) in [6, 6.07) is 10.9. The van der Waals surface area contributed by atoms with Crippen LogP contribution in [0.15, 0.2) is 30.3 Å². The van der Waals surface area contributed by atoms with Crippen LogP contribution in [0.1, 0.15) is 6.42 Å². The summed E-state index contributed by atoms with van der Waals surface area (Å²) in [5, 5.41) is 8.58. The molecule has 1 aliphatic rings. The van der Waals surface area contributed by atoms with E-state index in [2.05, 4.69) is 0 Å². The molecule has 1 aromatic rings. The second-order valence-electron chi connectivity index (χ2n) is 4.99. The van der Waals surface area contributed by atoms with Crippen molar-refractivity contribution < 1.29 is 19.1 Å². The standard InChI is InChI=1S/C16H17N3O4S/c17-7-4-8-19(13-5-2-1-3-6-13)14(20)12-23-15(21)11-18-9-10-24-16(18)22/h1-3,5-6H,4,8-12H2. The maximum atomic E-state index is 12.3. The molecule has 0 radical (unpaired) electrons. The normalized spacial score (nSPS) is 13.5. The van der Waals surface area contributed by atoms with Gasteiger partial charge in [0.2, 0.25) is 0 Å². The number of hydrogen-bond acceptors (Lipinski definition) is 6. The largest absolute Gasteiger partial charge is 0.454 e. The third-order valence-electron chi connectivity index (χ3n) is 3.34. The molecule has 0 aliphatic carbocycles. The maximum Gasteiger partial charge on any atom is 0.326 e. The third-order valence-corrected chi connectivity index (χ3v) is 4.23. The number of amides is 2. The number of esters is 1. The van der Waals surface area contributed by atoms with Crippen molar-refractivity contribution in [2.45, 2.75) is 6.42 Å². The first-order chi connectivity index (χ1) is 11.6. The van der Waals surface area contributed by atoms with Gasteiger partial charge in [0.1, 0.15) is 6.54 Å². The molecule has 7 nitrogen and oxygen atoms in total. The van der Waals surface area contributed by atoms with Crippen molar-refractivity contribution >= 4 is 34.6 Å². The quantitative estimate of drug-likeness (QED) is 0.697. The van der Waals surface area contributed by atoms with E-state index in [1.807, 2.05) is 12.1 Å². The van der Waals surface area contributed by atoms with Crippen molar-refractivity contribution in [1.29, 1.82) is 5.26 Å². The van der Waals surface area contributed by atoms with E-state index in [0.29, 0.717) is 18.0 Å². The fourth-order valence-corrected chi connectivity index (χ4v) is 2.98. The van der Waals surface area contributed by atoms with Gasteiger partial charge in [-0.25, -0.2) is 0 Å². The number of hydrogen-bond donors (Lipinski definition) is 0. The predicted molar refractivity (Wildman–Crippen MR) is 89.4 cm³/mol. The molecule has 2 amide bonds. The average molecular weight is 347 g/mol. The Kier molecular flexibility index (Phi) is 6.63. The first-order valence-corrected chi connectivity index (χ1v) is 8.40. The summed E-state index contributed by atoms with van der Waals surface area (Å²) < 4.78 is 4.98. The Balaban J connectivity index is 1.89. The average Bonchev–Trinajstić information content (AvgIpc) is 2.99. The predicted octanol–water partition coefficient (Wildman–Crippen LogP) is 1.65. The fraction of sp³-hybridized carbons (Fsp3) is 0.375. The molecule has 0 atom stereocenters. The molecule has 1 aromatic carbocycles. The summed E-state index contributed by atoms with van der Waals surface area (Å²) in [6.45, 7) is 0.153. The lowest BCUT2D eigenvalue weighted by atomic mass is 10.2. The van der Waals surface area contributed by atoms with E-state index in [4.69, 9.17) is 10.00 Å². The van der Waals surface area contributed by atoms with Crippen LogP contribution in [-0.2, 0) is 14.3 Å². The number of para-hydroxylation sites is 1. The molecule has 0 saturated carbocycles. The summed E-state index contributed by atoms with van der Waals surface area (Å²) in [6.07, 6.45) is 0.175. The molecule has 0 spiro atoms. The van der Waals surface area contributed by atoms with E-state index < -0.39 is 18.5 Å². The first kappa shape index (κ1) is 17.8. The highest BCUT2D eigenvalue weighted by atomic mass is 32.2. The lowest BCUT2D eigenvalue weighted by molar-refractivity contribution is -0.148. The van der Waals surface area contributed by atoms with Crippen molar-refractivity contribution in [3.63, 3.8) is 0 Å². The zero-order chi connectivity index (χ0) is 17.4. The lowest BCUT2D eigenvalue weighted by Gasteiger charge is -2.22. The molecule has 1 saturated heterocycles. The molecule has 0 aromatic heterocycles. The van der Waals surface area contributed by atoms with Gasteiger partial charge in [-0.2, -0.15) is 5.26 Å². The molecule has 0 N–H and O–H groups in total. The van der Waals surface area contributed by atoms with Crippen molar-refractivity contribution in [3.05, 3.63) is 30.3 Å². The van der Waals surface area contributed by atoms with Crippen LogP contribution in [0.25, 0.3) is 0 Å². The Morgan fingerprint density at radius 3 is 2.71 bits per heavy atom. The number of ether oxygens (including phenoxy) is 1. The van der Waals surface area contributed by atoms with Crippen LogP contribution < -0.4 is 4.90 Å². The summed E-state index contributed by atoms with van der Waals surface area (Å²) in [5.41, 5.74) is 0.639. The van der Waals surface area contributed by atoms with E-state index in [-0.39, 0.29) is 24.7 Å². The van der Waals surface area contributed by atoms with Gasteiger partial charge in [-0.1, -0.05) is 30.0 Å². The number of rotatable bonds is 7. The highest BCUT2D eigenvalue weighted by Crippen LogP contribution is 2.17. The number of carbonyl (C=O) groups is 3. The van der Waals surface area contributed by atoms with Crippen molar-refractivity contribution in [3.8, 4) is 6.07 Å². The Morgan fingerprint density at radius 1 is 1.33 bits per heavy atom. The highest BCUT2D eigenvalue weighted by molar-refractivity contribution is 8.13. The van der Waals surface area contributed by atoms with Gasteiger partial charge in [-0.15, -0.1) is 0 Å². The number of nitrogens with zero attached hydrogens (tertiary/aromatic N) is 3. The van der Waals surface area contributed by atoms with E-state index in [1.165, 1.54) is 9.80 Å². The van der Waals surface area contributed by atoms with Crippen LogP contribution in [0, 0.1) is 11.3 Å². The molecular weight excluding hydrogens is 330 g/mol. The Labute approximate surface area is 144 Å². The number of anilines is 1. The summed E-state index contributed by atoms with van der Waals surface area (Å²) in [5.74, 6) is -0.375. The monoisotopic (exact) mass is 347 g/mol. The molecule has 8 heteroatoms. The van der Waals surface area contributed by atoms with Gasteiger partial charge in [0, 0.05) is 24.5 Å². The van der Waals surface area contributed by atoms with E-state index in [0.717, 1.165) is 11.8 Å². The molecule has 2 rings (SSSR count). The lowest BCUT2D eigenvalue weighted by Crippen LogP contribution is -2.37. The van der Waals surface area contributed by atoms with Gasteiger partial charge in [-0.3, -0.25) is 14.4 Å². The van der Waals surface area contributed by atoms with Crippen LogP contribution in [0.5, 0.6) is 0 Å². The van der Waals surface area contributed by atoms with Crippen molar-refractivity contribution in [2.24, 2.45) is 0 Å².